The number of aryl methyl sites for hydroxylation is 1. The summed E-state index contributed by atoms with van der Waals surface area (Å²) in [6.07, 6.45) is 2.06. The van der Waals surface area contributed by atoms with E-state index in [1.54, 1.807) is 0 Å². The molecule has 0 bridgehead atoms. The van der Waals surface area contributed by atoms with Crippen molar-refractivity contribution in [3.63, 3.8) is 0 Å². The molecular formula is C24H21ClN6OS. The summed E-state index contributed by atoms with van der Waals surface area (Å²) in [7, 11) is 2.03. The van der Waals surface area contributed by atoms with Crippen LogP contribution in [0.25, 0.3) is 21.9 Å². The van der Waals surface area contributed by atoms with Gasteiger partial charge in [0.05, 0.1) is 17.9 Å². The van der Waals surface area contributed by atoms with Crippen LogP contribution in [0.2, 0.25) is 5.02 Å². The number of nitrogens with zero attached hydrogens (tertiary/aromatic N) is 6. The van der Waals surface area contributed by atoms with Crippen LogP contribution < -0.4 is 5.56 Å². The number of halogens is 1. The van der Waals surface area contributed by atoms with E-state index in [2.05, 4.69) is 21.2 Å². The maximum Gasteiger partial charge on any atom is 0.275 e. The largest absolute Gasteiger partial charge is 0.295 e. The van der Waals surface area contributed by atoms with Crippen molar-refractivity contribution in [3.05, 3.63) is 98.5 Å². The third kappa shape index (κ3) is 4.59. The highest BCUT2D eigenvalue weighted by atomic mass is 35.5. The molecule has 9 heteroatoms. The molecule has 5 aromatic rings. The number of fused-ring (bicyclic) bond motifs is 1. The molecule has 0 radical (unpaired) electrons. The lowest BCUT2D eigenvalue weighted by atomic mass is 10.1. The third-order valence-electron chi connectivity index (χ3n) is 5.19. The maximum absolute atomic E-state index is 12.2. The molecule has 166 valence electrons. The highest BCUT2D eigenvalue weighted by Gasteiger charge is 2.16. The predicted molar refractivity (Wildman–Crippen MR) is 131 cm³/mol. The Bertz CT molecular complexity index is 1470. The minimum absolute atomic E-state index is 0.156. The second-order valence-corrected chi connectivity index (χ2v) is 9.37. The van der Waals surface area contributed by atoms with Gasteiger partial charge in [-0.1, -0.05) is 53.3 Å². The summed E-state index contributed by atoms with van der Waals surface area (Å²) in [5, 5.41) is 10.9. The first kappa shape index (κ1) is 21.5. The lowest BCUT2D eigenvalue weighted by Gasteiger charge is -2.14. The summed E-state index contributed by atoms with van der Waals surface area (Å²) in [5.41, 5.74) is 4.52. The van der Waals surface area contributed by atoms with E-state index in [9.17, 15) is 4.79 Å². The minimum atomic E-state index is -0.156. The van der Waals surface area contributed by atoms with E-state index >= 15 is 0 Å². The molecule has 0 saturated carbocycles. The van der Waals surface area contributed by atoms with Crippen LogP contribution in [0, 0.1) is 6.92 Å². The number of benzene rings is 2. The van der Waals surface area contributed by atoms with E-state index < -0.39 is 0 Å². The monoisotopic (exact) mass is 476 g/mol. The van der Waals surface area contributed by atoms with Crippen molar-refractivity contribution in [3.8, 4) is 16.9 Å². The average molecular weight is 477 g/mol. The summed E-state index contributed by atoms with van der Waals surface area (Å²) < 4.78 is 3.27. The molecular weight excluding hydrogens is 456 g/mol. The van der Waals surface area contributed by atoms with Gasteiger partial charge in [-0.3, -0.25) is 9.69 Å². The Kier molecular flexibility index (Phi) is 5.80. The molecule has 0 unspecified atom stereocenters. The topological polar surface area (TPSA) is 68.3 Å². The van der Waals surface area contributed by atoms with E-state index in [4.69, 9.17) is 16.7 Å². The Balaban J connectivity index is 1.45. The second kappa shape index (κ2) is 8.90. The second-order valence-electron chi connectivity index (χ2n) is 7.89. The van der Waals surface area contributed by atoms with Crippen molar-refractivity contribution in [2.75, 3.05) is 7.05 Å². The molecule has 0 N–H and O–H groups in total. The SMILES string of the molecule is Cc1cc(=O)n2nc(CN(C)Cc3cn(-c4ccccc4)nc3-c3ccc(Cl)cc3)sc2n1. The highest BCUT2D eigenvalue weighted by Crippen LogP contribution is 2.26. The first-order valence-electron chi connectivity index (χ1n) is 10.4. The minimum Gasteiger partial charge on any atom is -0.295 e. The molecule has 0 amide bonds. The maximum atomic E-state index is 12.2. The van der Waals surface area contributed by atoms with Crippen LogP contribution >= 0.6 is 22.9 Å². The zero-order chi connectivity index (χ0) is 22.9. The van der Waals surface area contributed by atoms with Crippen molar-refractivity contribution in [1.82, 2.24) is 29.3 Å². The molecule has 0 aliphatic rings. The quantitative estimate of drug-likeness (QED) is 0.358. The fourth-order valence-corrected chi connectivity index (χ4v) is 4.84. The van der Waals surface area contributed by atoms with Gasteiger partial charge in [0.1, 0.15) is 5.01 Å². The molecule has 33 heavy (non-hydrogen) atoms. The third-order valence-corrected chi connectivity index (χ3v) is 6.33. The van der Waals surface area contributed by atoms with Crippen molar-refractivity contribution in [2.24, 2.45) is 0 Å². The van der Waals surface area contributed by atoms with Gasteiger partial charge in [-0.15, -0.1) is 0 Å². The lowest BCUT2D eigenvalue weighted by Crippen LogP contribution is -2.18. The summed E-state index contributed by atoms with van der Waals surface area (Å²) >= 11 is 7.53. The van der Waals surface area contributed by atoms with Gasteiger partial charge in [0, 0.05) is 40.7 Å². The van der Waals surface area contributed by atoms with Crippen LogP contribution in [0.5, 0.6) is 0 Å². The predicted octanol–water partition coefficient (Wildman–Crippen LogP) is 4.60. The Hall–Kier alpha value is -3.33. The molecule has 7 nitrogen and oxygen atoms in total. The van der Waals surface area contributed by atoms with Gasteiger partial charge < -0.3 is 0 Å². The zero-order valence-corrected chi connectivity index (χ0v) is 19.7. The molecule has 0 aliphatic carbocycles. The Morgan fingerprint density at radius 3 is 2.55 bits per heavy atom. The van der Waals surface area contributed by atoms with E-state index in [-0.39, 0.29) is 5.56 Å². The number of aromatic nitrogens is 5. The van der Waals surface area contributed by atoms with Crippen molar-refractivity contribution >= 4 is 27.9 Å². The molecule has 0 aliphatic heterocycles. The van der Waals surface area contributed by atoms with E-state index in [0.29, 0.717) is 28.8 Å². The van der Waals surface area contributed by atoms with Gasteiger partial charge in [-0.05, 0) is 38.2 Å². The Morgan fingerprint density at radius 1 is 1.03 bits per heavy atom. The van der Waals surface area contributed by atoms with Gasteiger partial charge in [0.25, 0.3) is 5.56 Å². The van der Waals surface area contributed by atoms with Gasteiger partial charge in [-0.25, -0.2) is 9.67 Å². The van der Waals surface area contributed by atoms with E-state index in [0.717, 1.165) is 27.5 Å². The fourth-order valence-electron chi connectivity index (χ4n) is 3.69. The van der Waals surface area contributed by atoms with Crippen LogP contribution in [0.4, 0.5) is 0 Å². The van der Waals surface area contributed by atoms with Crippen molar-refractivity contribution < 1.29 is 0 Å². The molecule has 2 aromatic carbocycles. The number of hydrogen-bond donors (Lipinski definition) is 0. The fraction of sp³-hybridized carbons (Fsp3) is 0.167. The van der Waals surface area contributed by atoms with Gasteiger partial charge in [0.15, 0.2) is 0 Å². The summed E-state index contributed by atoms with van der Waals surface area (Å²) in [4.78, 5) is 19.4. The van der Waals surface area contributed by atoms with Crippen molar-refractivity contribution in [2.45, 2.75) is 20.0 Å². The van der Waals surface area contributed by atoms with Crippen LogP contribution in [-0.2, 0) is 13.1 Å². The van der Waals surface area contributed by atoms with Crippen LogP contribution in [0.3, 0.4) is 0 Å². The highest BCUT2D eigenvalue weighted by molar-refractivity contribution is 7.16. The normalized spacial score (nSPS) is 11.5. The van der Waals surface area contributed by atoms with E-state index in [1.807, 2.05) is 73.3 Å². The van der Waals surface area contributed by atoms with Gasteiger partial charge in [-0.2, -0.15) is 14.7 Å². The molecule has 0 atom stereocenters. The van der Waals surface area contributed by atoms with Crippen LogP contribution in [0.15, 0.2) is 71.7 Å². The summed E-state index contributed by atoms with van der Waals surface area (Å²) in [6.45, 7) is 3.06. The van der Waals surface area contributed by atoms with Gasteiger partial charge in [0.2, 0.25) is 4.96 Å². The van der Waals surface area contributed by atoms with Crippen LogP contribution in [-0.4, -0.2) is 36.3 Å². The average Bonchev–Trinajstić information content (AvgIpc) is 3.39. The van der Waals surface area contributed by atoms with E-state index in [1.165, 1.54) is 21.9 Å². The first-order valence-corrected chi connectivity index (χ1v) is 11.6. The zero-order valence-electron chi connectivity index (χ0n) is 18.1. The standard InChI is InChI=1S/C24H21ClN6OS/c1-16-12-22(32)31-24(26-16)33-21(27-31)15-29(2)13-18-14-30(20-6-4-3-5-7-20)28-23(18)17-8-10-19(25)11-9-17/h3-12,14H,13,15H2,1-2H3. The first-order chi connectivity index (χ1) is 16.0. The Labute approximate surface area is 199 Å². The summed E-state index contributed by atoms with van der Waals surface area (Å²) in [5.74, 6) is 0. The molecule has 3 heterocycles. The smallest absolute Gasteiger partial charge is 0.275 e. The van der Waals surface area contributed by atoms with Crippen LogP contribution in [0.1, 0.15) is 16.3 Å². The summed E-state index contributed by atoms with van der Waals surface area (Å²) in [6, 6.07) is 19.2. The number of para-hydroxylation sites is 1. The Morgan fingerprint density at radius 2 is 1.79 bits per heavy atom. The number of rotatable bonds is 6. The molecule has 0 spiro atoms. The molecule has 0 saturated heterocycles. The lowest BCUT2D eigenvalue weighted by molar-refractivity contribution is 0.317. The molecule has 5 rings (SSSR count). The number of hydrogen-bond acceptors (Lipinski definition) is 6. The molecule has 3 aromatic heterocycles. The van der Waals surface area contributed by atoms with Gasteiger partial charge >= 0.3 is 0 Å². The molecule has 0 fully saturated rings. The van der Waals surface area contributed by atoms with Crippen molar-refractivity contribution in [1.29, 1.82) is 0 Å².